The SMILES string of the molecule is CC1CC(C(=O)NCc2ccco2)CCN1. The summed E-state index contributed by atoms with van der Waals surface area (Å²) in [5.74, 6) is 1.09. The molecule has 88 valence electrons. The van der Waals surface area contributed by atoms with Crippen LogP contribution in [-0.4, -0.2) is 18.5 Å². The van der Waals surface area contributed by atoms with Crippen molar-refractivity contribution in [2.45, 2.75) is 32.4 Å². The van der Waals surface area contributed by atoms with E-state index in [1.807, 2.05) is 12.1 Å². The zero-order valence-electron chi connectivity index (χ0n) is 9.53. The van der Waals surface area contributed by atoms with Gasteiger partial charge in [0.2, 0.25) is 5.91 Å². The normalized spacial score (nSPS) is 25.3. The van der Waals surface area contributed by atoms with Gasteiger partial charge in [0.1, 0.15) is 5.76 Å². The van der Waals surface area contributed by atoms with E-state index in [4.69, 9.17) is 4.42 Å². The molecule has 1 saturated heterocycles. The van der Waals surface area contributed by atoms with E-state index in [1.54, 1.807) is 6.26 Å². The highest BCUT2D eigenvalue weighted by atomic mass is 16.3. The Labute approximate surface area is 95.4 Å². The molecule has 1 aliphatic rings. The molecular weight excluding hydrogens is 204 g/mol. The van der Waals surface area contributed by atoms with E-state index in [9.17, 15) is 4.79 Å². The minimum absolute atomic E-state index is 0.143. The van der Waals surface area contributed by atoms with E-state index >= 15 is 0 Å². The van der Waals surface area contributed by atoms with E-state index in [2.05, 4.69) is 17.6 Å². The molecule has 0 saturated carbocycles. The molecule has 0 radical (unpaired) electrons. The molecule has 4 heteroatoms. The van der Waals surface area contributed by atoms with Crippen molar-refractivity contribution < 1.29 is 9.21 Å². The Kier molecular flexibility index (Phi) is 3.62. The van der Waals surface area contributed by atoms with Gasteiger partial charge >= 0.3 is 0 Å². The number of rotatable bonds is 3. The Bertz CT molecular complexity index is 335. The van der Waals surface area contributed by atoms with Gasteiger partial charge in [-0.05, 0) is 38.4 Å². The highest BCUT2D eigenvalue weighted by Crippen LogP contribution is 2.16. The molecule has 0 aromatic carbocycles. The monoisotopic (exact) mass is 222 g/mol. The molecule has 0 spiro atoms. The smallest absolute Gasteiger partial charge is 0.223 e. The van der Waals surface area contributed by atoms with Crippen LogP contribution in [0, 0.1) is 5.92 Å². The summed E-state index contributed by atoms with van der Waals surface area (Å²) >= 11 is 0. The second kappa shape index (κ2) is 5.16. The van der Waals surface area contributed by atoms with Crippen LogP contribution in [0.15, 0.2) is 22.8 Å². The average Bonchev–Trinajstić information content (AvgIpc) is 2.78. The van der Waals surface area contributed by atoms with Crippen LogP contribution in [0.2, 0.25) is 0 Å². The number of hydrogen-bond acceptors (Lipinski definition) is 3. The summed E-state index contributed by atoms with van der Waals surface area (Å²) in [6.45, 7) is 3.54. The Hall–Kier alpha value is -1.29. The van der Waals surface area contributed by atoms with Crippen LogP contribution in [0.4, 0.5) is 0 Å². The highest BCUT2D eigenvalue weighted by Gasteiger charge is 2.24. The van der Waals surface area contributed by atoms with Gasteiger partial charge in [-0.2, -0.15) is 0 Å². The third-order valence-electron chi connectivity index (χ3n) is 3.01. The van der Waals surface area contributed by atoms with Crippen molar-refractivity contribution in [3.8, 4) is 0 Å². The molecule has 2 unspecified atom stereocenters. The summed E-state index contributed by atoms with van der Waals surface area (Å²) in [4.78, 5) is 11.9. The van der Waals surface area contributed by atoms with Crippen LogP contribution < -0.4 is 10.6 Å². The van der Waals surface area contributed by atoms with Crippen LogP contribution in [0.25, 0.3) is 0 Å². The lowest BCUT2D eigenvalue weighted by Crippen LogP contribution is -2.42. The lowest BCUT2D eigenvalue weighted by Gasteiger charge is -2.26. The summed E-state index contributed by atoms with van der Waals surface area (Å²) in [6, 6.07) is 4.13. The number of piperidine rings is 1. The van der Waals surface area contributed by atoms with Crippen molar-refractivity contribution in [3.63, 3.8) is 0 Å². The first-order chi connectivity index (χ1) is 7.75. The Morgan fingerprint density at radius 3 is 3.25 bits per heavy atom. The number of amides is 1. The van der Waals surface area contributed by atoms with Crippen LogP contribution >= 0.6 is 0 Å². The number of furan rings is 1. The Balaban J connectivity index is 1.79. The second-order valence-electron chi connectivity index (χ2n) is 4.37. The maximum atomic E-state index is 11.9. The van der Waals surface area contributed by atoms with Crippen molar-refractivity contribution in [3.05, 3.63) is 24.2 Å². The van der Waals surface area contributed by atoms with E-state index < -0.39 is 0 Å². The van der Waals surface area contributed by atoms with Crippen LogP contribution in [0.3, 0.4) is 0 Å². The van der Waals surface area contributed by atoms with Crippen molar-refractivity contribution >= 4 is 5.91 Å². The second-order valence-corrected chi connectivity index (χ2v) is 4.37. The first-order valence-electron chi connectivity index (χ1n) is 5.79. The van der Waals surface area contributed by atoms with E-state index in [1.165, 1.54) is 0 Å². The Morgan fingerprint density at radius 2 is 2.56 bits per heavy atom. The molecule has 4 nitrogen and oxygen atoms in total. The van der Waals surface area contributed by atoms with Gasteiger partial charge in [-0.15, -0.1) is 0 Å². The van der Waals surface area contributed by atoms with Crippen LogP contribution in [0.5, 0.6) is 0 Å². The van der Waals surface area contributed by atoms with Gasteiger partial charge in [0.15, 0.2) is 0 Å². The van der Waals surface area contributed by atoms with Crippen molar-refractivity contribution in [1.82, 2.24) is 10.6 Å². The zero-order valence-corrected chi connectivity index (χ0v) is 9.53. The molecule has 1 aromatic heterocycles. The van der Waals surface area contributed by atoms with Gasteiger partial charge in [-0.25, -0.2) is 0 Å². The van der Waals surface area contributed by atoms with Crippen molar-refractivity contribution in [2.24, 2.45) is 5.92 Å². The fourth-order valence-corrected chi connectivity index (χ4v) is 2.10. The van der Waals surface area contributed by atoms with Gasteiger partial charge < -0.3 is 15.1 Å². The molecule has 1 aliphatic heterocycles. The van der Waals surface area contributed by atoms with Crippen LogP contribution in [-0.2, 0) is 11.3 Å². The molecule has 16 heavy (non-hydrogen) atoms. The zero-order chi connectivity index (χ0) is 11.4. The maximum absolute atomic E-state index is 11.9. The molecule has 0 aliphatic carbocycles. The third kappa shape index (κ3) is 2.85. The molecule has 0 bridgehead atoms. The minimum Gasteiger partial charge on any atom is -0.467 e. The fraction of sp³-hybridized carbons (Fsp3) is 0.583. The van der Waals surface area contributed by atoms with Crippen LogP contribution in [0.1, 0.15) is 25.5 Å². The Morgan fingerprint density at radius 1 is 1.69 bits per heavy atom. The quantitative estimate of drug-likeness (QED) is 0.810. The van der Waals surface area contributed by atoms with E-state index in [0.717, 1.165) is 25.1 Å². The fourth-order valence-electron chi connectivity index (χ4n) is 2.10. The summed E-state index contributed by atoms with van der Waals surface area (Å²) in [5.41, 5.74) is 0. The van der Waals surface area contributed by atoms with Gasteiger partial charge in [0.25, 0.3) is 0 Å². The van der Waals surface area contributed by atoms with Gasteiger partial charge in [-0.1, -0.05) is 0 Å². The number of nitrogens with one attached hydrogen (secondary N) is 2. The molecular formula is C12H18N2O2. The lowest BCUT2D eigenvalue weighted by molar-refractivity contribution is -0.126. The summed E-state index contributed by atoms with van der Waals surface area (Å²) in [7, 11) is 0. The van der Waals surface area contributed by atoms with E-state index in [0.29, 0.717) is 12.6 Å². The van der Waals surface area contributed by atoms with Crippen molar-refractivity contribution in [1.29, 1.82) is 0 Å². The molecule has 2 rings (SSSR count). The van der Waals surface area contributed by atoms with Gasteiger partial charge in [-0.3, -0.25) is 4.79 Å². The summed E-state index contributed by atoms with van der Waals surface area (Å²) in [5, 5.41) is 6.25. The predicted molar refractivity (Wildman–Crippen MR) is 60.7 cm³/mol. The minimum atomic E-state index is 0.143. The number of carbonyl (C=O) groups is 1. The number of carbonyl (C=O) groups excluding carboxylic acids is 1. The summed E-state index contributed by atoms with van der Waals surface area (Å²) < 4.78 is 5.17. The first-order valence-corrected chi connectivity index (χ1v) is 5.79. The highest BCUT2D eigenvalue weighted by molar-refractivity contribution is 5.78. The lowest BCUT2D eigenvalue weighted by atomic mass is 9.92. The van der Waals surface area contributed by atoms with Crippen molar-refractivity contribution in [2.75, 3.05) is 6.54 Å². The largest absolute Gasteiger partial charge is 0.467 e. The average molecular weight is 222 g/mol. The maximum Gasteiger partial charge on any atom is 0.223 e. The van der Waals surface area contributed by atoms with Gasteiger partial charge in [0.05, 0.1) is 12.8 Å². The first kappa shape index (κ1) is 11.2. The van der Waals surface area contributed by atoms with E-state index in [-0.39, 0.29) is 11.8 Å². The molecule has 2 atom stereocenters. The predicted octanol–water partition coefficient (Wildman–Crippen LogP) is 1.28. The standard InChI is InChI=1S/C12H18N2O2/c1-9-7-10(4-5-13-9)12(15)14-8-11-3-2-6-16-11/h2-3,6,9-10,13H,4-5,7-8H2,1H3,(H,14,15). The molecule has 2 N–H and O–H groups in total. The molecule has 1 amide bonds. The summed E-state index contributed by atoms with van der Waals surface area (Å²) in [6.07, 6.45) is 3.46. The topological polar surface area (TPSA) is 54.3 Å². The molecule has 2 heterocycles. The third-order valence-corrected chi connectivity index (χ3v) is 3.01. The molecule has 1 fully saturated rings. The molecule has 1 aromatic rings. The van der Waals surface area contributed by atoms with Gasteiger partial charge in [0, 0.05) is 12.0 Å². The number of hydrogen-bond donors (Lipinski definition) is 2.